The van der Waals surface area contributed by atoms with Gasteiger partial charge in [0.05, 0.1) is 0 Å². The van der Waals surface area contributed by atoms with Gasteiger partial charge in [-0.25, -0.2) is 13.2 Å². The van der Waals surface area contributed by atoms with E-state index in [9.17, 15) is 22.8 Å². The van der Waals surface area contributed by atoms with Crippen molar-refractivity contribution < 1.29 is 22.8 Å². The van der Waals surface area contributed by atoms with Crippen LogP contribution >= 0.6 is 0 Å². The molecule has 2 N–H and O–H groups in total. The number of amides is 2. The average molecular weight is 385 g/mol. The van der Waals surface area contributed by atoms with E-state index < -0.39 is 29.3 Å². The maximum atomic E-state index is 13.6. The number of halogens is 3. The van der Waals surface area contributed by atoms with E-state index >= 15 is 0 Å². The standard InChI is InChI=1S/C20H14F3N3O2/c21-15-4-2-1-3-13(15)11-25-20(28)18-9-12(7-8-24-18)19(27)26-14-5-6-16(22)17(23)10-14/h1-10H,11H2,(H,25,28)(H,26,27). The molecule has 0 aliphatic carbocycles. The normalized spacial score (nSPS) is 10.4. The summed E-state index contributed by atoms with van der Waals surface area (Å²) in [7, 11) is 0. The van der Waals surface area contributed by atoms with Gasteiger partial charge in [-0.15, -0.1) is 0 Å². The molecule has 0 radical (unpaired) electrons. The maximum Gasteiger partial charge on any atom is 0.270 e. The van der Waals surface area contributed by atoms with Crippen molar-refractivity contribution in [3.63, 3.8) is 0 Å². The fourth-order valence-electron chi connectivity index (χ4n) is 2.38. The number of carbonyl (C=O) groups is 2. The number of hydrogen-bond donors (Lipinski definition) is 2. The van der Waals surface area contributed by atoms with Gasteiger partial charge in [-0.05, 0) is 30.3 Å². The minimum absolute atomic E-state index is 0.0432. The maximum absolute atomic E-state index is 13.6. The monoisotopic (exact) mass is 385 g/mol. The van der Waals surface area contributed by atoms with Crippen LogP contribution in [0.5, 0.6) is 0 Å². The summed E-state index contributed by atoms with van der Waals surface area (Å²) in [5, 5.41) is 4.92. The summed E-state index contributed by atoms with van der Waals surface area (Å²) in [5.74, 6) is -3.80. The number of aromatic nitrogens is 1. The van der Waals surface area contributed by atoms with Gasteiger partial charge in [0.2, 0.25) is 0 Å². The summed E-state index contributed by atoms with van der Waals surface area (Å²) in [5.41, 5.74) is 0.416. The molecule has 0 spiro atoms. The molecule has 0 fully saturated rings. The van der Waals surface area contributed by atoms with E-state index in [0.29, 0.717) is 5.56 Å². The average Bonchev–Trinajstić information content (AvgIpc) is 2.70. The number of hydrogen-bond acceptors (Lipinski definition) is 3. The summed E-state index contributed by atoms with van der Waals surface area (Å²) in [6, 6.07) is 11.5. The fourth-order valence-corrected chi connectivity index (χ4v) is 2.38. The third-order valence-corrected chi connectivity index (χ3v) is 3.83. The van der Waals surface area contributed by atoms with Crippen LogP contribution in [0.4, 0.5) is 18.9 Å². The quantitative estimate of drug-likeness (QED) is 0.704. The van der Waals surface area contributed by atoms with Gasteiger partial charge in [-0.2, -0.15) is 0 Å². The molecule has 3 rings (SSSR count). The van der Waals surface area contributed by atoms with Gasteiger partial charge in [0.25, 0.3) is 11.8 Å². The third-order valence-electron chi connectivity index (χ3n) is 3.83. The molecule has 0 saturated heterocycles. The number of nitrogens with one attached hydrogen (secondary N) is 2. The molecule has 0 unspecified atom stereocenters. The second kappa shape index (κ2) is 8.34. The lowest BCUT2D eigenvalue weighted by molar-refractivity contribution is 0.0945. The van der Waals surface area contributed by atoms with E-state index in [1.54, 1.807) is 6.07 Å². The Morgan fingerprint density at radius 1 is 0.857 bits per heavy atom. The molecule has 0 bridgehead atoms. The van der Waals surface area contributed by atoms with Crippen LogP contribution in [0.1, 0.15) is 26.4 Å². The zero-order chi connectivity index (χ0) is 20.1. The zero-order valence-corrected chi connectivity index (χ0v) is 14.4. The number of nitrogens with zero attached hydrogens (tertiary/aromatic N) is 1. The van der Waals surface area contributed by atoms with Crippen molar-refractivity contribution in [3.05, 3.63) is 95.1 Å². The zero-order valence-electron chi connectivity index (χ0n) is 14.4. The molecule has 2 aromatic carbocycles. The third kappa shape index (κ3) is 4.53. The van der Waals surface area contributed by atoms with Gasteiger partial charge < -0.3 is 10.6 Å². The van der Waals surface area contributed by atoms with Gasteiger partial charge in [0.15, 0.2) is 11.6 Å². The predicted molar refractivity (Wildman–Crippen MR) is 96.1 cm³/mol. The molecule has 28 heavy (non-hydrogen) atoms. The van der Waals surface area contributed by atoms with E-state index in [4.69, 9.17) is 0 Å². The highest BCUT2D eigenvalue weighted by atomic mass is 19.2. The van der Waals surface area contributed by atoms with Crippen LogP contribution in [0.3, 0.4) is 0 Å². The first kappa shape index (κ1) is 19.1. The van der Waals surface area contributed by atoms with Crippen molar-refractivity contribution >= 4 is 17.5 Å². The summed E-state index contributed by atoms with van der Waals surface area (Å²) in [4.78, 5) is 28.4. The van der Waals surface area contributed by atoms with Crippen LogP contribution in [-0.2, 0) is 6.54 Å². The lowest BCUT2D eigenvalue weighted by Crippen LogP contribution is -2.25. The summed E-state index contributed by atoms with van der Waals surface area (Å²) >= 11 is 0. The second-order valence-electron chi connectivity index (χ2n) is 5.79. The first-order valence-corrected chi connectivity index (χ1v) is 8.18. The van der Waals surface area contributed by atoms with Gasteiger partial charge in [-0.3, -0.25) is 14.6 Å². The minimum atomic E-state index is -1.10. The van der Waals surface area contributed by atoms with Crippen molar-refractivity contribution in [2.45, 2.75) is 6.54 Å². The Morgan fingerprint density at radius 2 is 1.64 bits per heavy atom. The van der Waals surface area contributed by atoms with Gasteiger partial charge >= 0.3 is 0 Å². The summed E-state index contributed by atoms with van der Waals surface area (Å²) in [6.45, 7) is -0.0432. The van der Waals surface area contributed by atoms with E-state index in [1.165, 1.54) is 42.6 Å². The van der Waals surface area contributed by atoms with Crippen molar-refractivity contribution in [2.24, 2.45) is 0 Å². The number of carbonyl (C=O) groups excluding carboxylic acids is 2. The van der Waals surface area contributed by atoms with Gasteiger partial charge in [0.1, 0.15) is 11.5 Å². The highest BCUT2D eigenvalue weighted by Crippen LogP contribution is 2.14. The first-order valence-electron chi connectivity index (χ1n) is 8.18. The molecule has 0 aliphatic heterocycles. The highest BCUT2D eigenvalue weighted by Gasteiger charge is 2.13. The van der Waals surface area contributed by atoms with Crippen LogP contribution in [-0.4, -0.2) is 16.8 Å². The van der Waals surface area contributed by atoms with E-state index in [0.717, 1.165) is 12.1 Å². The SMILES string of the molecule is O=C(Nc1ccc(F)c(F)c1)c1ccnc(C(=O)NCc2ccccc2F)c1. The molecule has 0 atom stereocenters. The smallest absolute Gasteiger partial charge is 0.270 e. The van der Waals surface area contributed by atoms with Crippen molar-refractivity contribution in [1.29, 1.82) is 0 Å². The summed E-state index contributed by atoms with van der Waals surface area (Å²) < 4.78 is 39.8. The van der Waals surface area contributed by atoms with Crippen LogP contribution in [0, 0.1) is 17.5 Å². The van der Waals surface area contributed by atoms with Gasteiger partial charge in [0, 0.05) is 35.6 Å². The Bertz CT molecular complexity index is 1040. The van der Waals surface area contributed by atoms with Crippen LogP contribution < -0.4 is 10.6 Å². The fraction of sp³-hybridized carbons (Fsp3) is 0.0500. The second-order valence-corrected chi connectivity index (χ2v) is 5.79. The van der Waals surface area contributed by atoms with Crippen molar-refractivity contribution in [1.82, 2.24) is 10.3 Å². The minimum Gasteiger partial charge on any atom is -0.347 e. The van der Waals surface area contributed by atoms with Crippen LogP contribution in [0.2, 0.25) is 0 Å². The Hall–Kier alpha value is -3.68. The molecule has 8 heteroatoms. The largest absolute Gasteiger partial charge is 0.347 e. The Balaban J connectivity index is 1.68. The molecule has 0 aliphatic rings. The van der Waals surface area contributed by atoms with Crippen LogP contribution in [0.15, 0.2) is 60.8 Å². The Labute approximate surface area is 158 Å². The highest BCUT2D eigenvalue weighted by molar-refractivity contribution is 6.05. The molecule has 2 amide bonds. The van der Waals surface area contributed by atoms with E-state index in [2.05, 4.69) is 15.6 Å². The first-order chi connectivity index (χ1) is 13.4. The molecular formula is C20H14F3N3O2. The van der Waals surface area contributed by atoms with Crippen LogP contribution in [0.25, 0.3) is 0 Å². The van der Waals surface area contributed by atoms with E-state index in [1.807, 2.05) is 0 Å². The molecule has 1 heterocycles. The number of benzene rings is 2. The molecule has 0 saturated carbocycles. The molecule has 1 aromatic heterocycles. The predicted octanol–water partition coefficient (Wildman–Crippen LogP) is 3.68. The number of rotatable bonds is 5. The van der Waals surface area contributed by atoms with E-state index in [-0.39, 0.29) is 23.5 Å². The summed E-state index contributed by atoms with van der Waals surface area (Å²) in [6.07, 6.45) is 1.26. The number of anilines is 1. The number of pyridine rings is 1. The Morgan fingerprint density at radius 3 is 2.39 bits per heavy atom. The molecule has 3 aromatic rings. The van der Waals surface area contributed by atoms with Gasteiger partial charge in [-0.1, -0.05) is 18.2 Å². The lowest BCUT2D eigenvalue weighted by Gasteiger charge is -2.08. The lowest BCUT2D eigenvalue weighted by atomic mass is 10.2. The molecule has 5 nitrogen and oxygen atoms in total. The topological polar surface area (TPSA) is 71.1 Å². The van der Waals surface area contributed by atoms with Crippen molar-refractivity contribution in [3.8, 4) is 0 Å². The Kier molecular flexibility index (Phi) is 5.69. The molecular weight excluding hydrogens is 371 g/mol. The molecule has 142 valence electrons. The van der Waals surface area contributed by atoms with Crippen molar-refractivity contribution in [2.75, 3.05) is 5.32 Å².